The minimum absolute atomic E-state index is 1.20. The normalized spacial score (nSPS) is 12.1. The van der Waals surface area contributed by atoms with Gasteiger partial charge in [-0.25, -0.2) is 0 Å². The molecule has 262 valence electrons. The van der Waals surface area contributed by atoms with Crippen molar-refractivity contribution in [2.75, 3.05) is 0 Å². The fourth-order valence-corrected chi connectivity index (χ4v) is 8.29. The molecule has 0 bridgehead atoms. The predicted octanol–water partition coefficient (Wildman–Crippen LogP) is 15.1. The quantitative estimate of drug-likeness (QED) is 0.144. The Morgan fingerprint density at radius 2 is 0.607 bits per heavy atom. The van der Waals surface area contributed by atoms with Gasteiger partial charge in [-0.3, -0.25) is 0 Å². The number of benzene rings is 10. The molecule has 0 radical (unpaired) electrons. The zero-order valence-corrected chi connectivity index (χ0v) is 30.9. The van der Waals surface area contributed by atoms with Gasteiger partial charge in [-0.1, -0.05) is 206 Å². The molecule has 0 aliphatic carbocycles. The molecule has 0 amide bonds. The molecular weight excluding hydrogens is 673 g/mol. The second-order valence-corrected chi connectivity index (χ2v) is 14.5. The summed E-state index contributed by atoms with van der Waals surface area (Å²) < 4.78 is 0. The number of hydrogen-bond donors (Lipinski definition) is 0. The molecule has 56 heavy (non-hydrogen) atoms. The maximum Gasteiger partial charge on any atom is -0.00987 e. The Morgan fingerprint density at radius 3 is 1.04 bits per heavy atom. The minimum atomic E-state index is 1.20. The van der Waals surface area contributed by atoms with Gasteiger partial charge in [0.1, 0.15) is 0 Å². The van der Waals surface area contributed by atoms with Crippen LogP contribution in [0.3, 0.4) is 0 Å². The average Bonchev–Trinajstić information content (AvgIpc) is 3.27. The number of fused-ring (bicyclic) bond motifs is 4. The molecule has 0 aliphatic rings. The standard InChI is InChI=1S/C56H38/c1-3-17-41(18-4-1)55(45-29-27-39-15-7-9-21-43(39)35-45)37-47-31-33-53(51-25-13-11-23-49(47)51)54-34-32-48(50-24-12-14-26-52(50)54)38-56(42-19-5-2-6-20-42)46-30-28-40-16-8-10-22-44(40)36-46/h1-38H. The molecule has 0 N–H and O–H groups in total. The Morgan fingerprint density at radius 1 is 0.250 bits per heavy atom. The highest BCUT2D eigenvalue weighted by molar-refractivity contribution is 6.11. The van der Waals surface area contributed by atoms with Crippen LogP contribution in [0.15, 0.2) is 218 Å². The fraction of sp³-hybridized carbons (Fsp3) is 0. The molecule has 10 aromatic rings. The van der Waals surface area contributed by atoms with Crippen LogP contribution in [0.5, 0.6) is 0 Å². The van der Waals surface area contributed by atoms with Crippen LogP contribution < -0.4 is 0 Å². The van der Waals surface area contributed by atoms with E-state index in [4.69, 9.17) is 0 Å². The Kier molecular flexibility index (Phi) is 8.63. The molecule has 0 saturated heterocycles. The van der Waals surface area contributed by atoms with Crippen LogP contribution in [-0.2, 0) is 0 Å². The van der Waals surface area contributed by atoms with Gasteiger partial charge in [0.15, 0.2) is 0 Å². The molecule has 0 aromatic heterocycles. The van der Waals surface area contributed by atoms with Gasteiger partial charge < -0.3 is 0 Å². The summed E-state index contributed by atoms with van der Waals surface area (Å²) in [6.07, 6.45) is 4.74. The van der Waals surface area contributed by atoms with Crippen molar-refractivity contribution >= 4 is 66.4 Å². The summed E-state index contributed by atoms with van der Waals surface area (Å²) >= 11 is 0. The van der Waals surface area contributed by atoms with E-state index < -0.39 is 0 Å². The largest absolute Gasteiger partial charge is 0.0622 e. The molecular formula is C56H38. The third kappa shape index (κ3) is 6.28. The van der Waals surface area contributed by atoms with Crippen LogP contribution in [0.25, 0.3) is 77.5 Å². The highest BCUT2D eigenvalue weighted by atomic mass is 14.2. The Labute approximate surface area is 328 Å². The predicted molar refractivity (Wildman–Crippen MR) is 242 cm³/mol. The number of rotatable bonds is 7. The molecule has 0 aliphatic heterocycles. The van der Waals surface area contributed by atoms with E-state index in [1.54, 1.807) is 0 Å². The van der Waals surface area contributed by atoms with Gasteiger partial charge in [-0.15, -0.1) is 0 Å². The molecule has 0 heterocycles. The molecule has 0 atom stereocenters. The van der Waals surface area contributed by atoms with E-state index in [0.29, 0.717) is 0 Å². The Hall–Kier alpha value is -7.28. The molecule has 0 heteroatoms. The highest BCUT2D eigenvalue weighted by Gasteiger charge is 2.15. The second kappa shape index (κ2) is 14.5. The van der Waals surface area contributed by atoms with Crippen LogP contribution >= 0.6 is 0 Å². The van der Waals surface area contributed by atoms with E-state index in [1.165, 1.54) is 98.7 Å². The summed E-state index contributed by atoms with van der Waals surface area (Å²) in [5.74, 6) is 0. The smallest absolute Gasteiger partial charge is 0.00987 e. The van der Waals surface area contributed by atoms with Crippen molar-refractivity contribution in [2.24, 2.45) is 0 Å². The summed E-state index contributed by atoms with van der Waals surface area (Å²) in [6.45, 7) is 0. The minimum Gasteiger partial charge on any atom is -0.0622 e. The summed E-state index contributed by atoms with van der Waals surface area (Å²) in [5, 5.41) is 9.92. The summed E-state index contributed by atoms with van der Waals surface area (Å²) in [4.78, 5) is 0. The first-order chi connectivity index (χ1) is 27.8. The lowest BCUT2D eigenvalue weighted by atomic mass is 9.88. The lowest BCUT2D eigenvalue weighted by molar-refractivity contribution is 1.57. The third-order valence-corrected chi connectivity index (χ3v) is 11.1. The van der Waals surface area contributed by atoms with E-state index in [1.807, 2.05) is 0 Å². The molecule has 0 spiro atoms. The van der Waals surface area contributed by atoms with Crippen molar-refractivity contribution < 1.29 is 0 Å². The summed E-state index contributed by atoms with van der Waals surface area (Å²) in [6, 6.07) is 79.3. The Balaban J connectivity index is 1.12. The molecule has 10 rings (SSSR count). The van der Waals surface area contributed by atoms with E-state index in [0.717, 1.165) is 0 Å². The van der Waals surface area contributed by atoms with Gasteiger partial charge in [-0.2, -0.15) is 0 Å². The molecule has 0 unspecified atom stereocenters. The van der Waals surface area contributed by atoms with E-state index >= 15 is 0 Å². The van der Waals surface area contributed by atoms with Crippen LogP contribution in [-0.4, -0.2) is 0 Å². The van der Waals surface area contributed by atoms with Crippen LogP contribution in [0, 0.1) is 0 Å². The van der Waals surface area contributed by atoms with Crippen LogP contribution in [0.2, 0.25) is 0 Å². The second-order valence-electron chi connectivity index (χ2n) is 14.5. The van der Waals surface area contributed by atoms with Gasteiger partial charge in [0, 0.05) is 0 Å². The maximum absolute atomic E-state index is 2.37. The fourth-order valence-electron chi connectivity index (χ4n) is 8.29. The third-order valence-electron chi connectivity index (χ3n) is 11.1. The Bertz CT molecular complexity index is 2900. The lowest BCUT2D eigenvalue weighted by Crippen LogP contribution is -1.92. The summed E-state index contributed by atoms with van der Waals surface area (Å²) in [7, 11) is 0. The first-order valence-corrected chi connectivity index (χ1v) is 19.3. The van der Waals surface area contributed by atoms with Gasteiger partial charge in [0.05, 0.1) is 0 Å². The first kappa shape index (κ1) is 33.3. The van der Waals surface area contributed by atoms with Crippen molar-refractivity contribution in [2.45, 2.75) is 0 Å². The van der Waals surface area contributed by atoms with Crippen molar-refractivity contribution in [1.29, 1.82) is 0 Å². The average molecular weight is 711 g/mol. The molecule has 0 saturated carbocycles. The van der Waals surface area contributed by atoms with Crippen molar-refractivity contribution in [3.05, 3.63) is 252 Å². The van der Waals surface area contributed by atoms with E-state index in [2.05, 4.69) is 231 Å². The van der Waals surface area contributed by atoms with Crippen molar-refractivity contribution in [3.63, 3.8) is 0 Å². The van der Waals surface area contributed by atoms with Gasteiger partial charge >= 0.3 is 0 Å². The molecule has 0 fully saturated rings. The van der Waals surface area contributed by atoms with Crippen LogP contribution in [0.1, 0.15) is 33.4 Å². The van der Waals surface area contributed by atoms with Crippen LogP contribution in [0.4, 0.5) is 0 Å². The van der Waals surface area contributed by atoms with Crippen molar-refractivity contribution in [1.82, 2.24) is 0 Å². The zero-order chi connectivity index (χ0) is 37.3. The number of hydrogen-bond acceptors (Lipinski definition) is 0. The maximum atomic E-state index is 2.37. The molecule has 0 nitrogen and oxygen atoms in total. The van der Waals surface area contributed by atoms with Gasteiger partial charge in [-0.05, 0) is 123 Å². The zero-order valence-electron chi connectivity index (χ0n) is 30.9. The van der Waals surface area contributed by atoms with E-state index in [9.17, 15) is 0 Å². The van der Waals surface area contributed by atoms with Gasteiger partial charge in [0.2, 0.25) is 0 Å². The van der Waals surface area contributed by atoms with Gasteiger partial charge in [0.25, 0.3) is 0 Å². The summed E-state index contributed by atoms with van der Waals surface area (Å²) in [5.41, 5.74) is 12.1. The lowest BCUT2D eigenvalue weighted by Gasteiger charge is -2.16. The van der Waals surface area contributed by atoms with Crippen molar-refractivity contribution in [3.8, 4) is 11.1 Å². The molecule has 10 aromatic carbocycles. The SMILES string of the molecule is C(=C(c1ccccc1)c1ccc2ccccc2c1)c1ccc(-c2ccc(C=C(c3ccccc3)c3ccc4ccccc4c3)c3ccccc23)c2ccccc12. The first-order valence-electron chi connectivity index (χ1n) is 19.3. The monoisotopic (exact) mass is 710 g/mol. The highest BCUT2D eigenvalue weighted by Crippen LogP contribution is 2.40. The van der Waals surface area contributed by atoms with E-state index in [-0.39, 0.29) is 0 Å². The topological polar surface area (TPSA) is 0 Å².